The Morgan fingerprint density at radius 1 is 1.18 bits per heavy atom. The van der Waals surface area contributed by atoms with Gasteiger partial charge in [0.15, 0.2) is 0 Å². The zero-order chi connectivity index (χ0) is 20.5. The van der Waals surface area contributed by atoms with E-state index in [0.717, 1.165) is 5.56 Å². The number of aromatic nitrogens is 1. The lowest BCUT2D eigenvalue weighted by Crippen LogP contribution is -2.29. The molecule has 0 aliphatic heterocycles. The number of urea groups is 1. The van der Waals surface area contributed by atoms with Gasteiger partial charge in [-0.1, -0.05) is 6.07 Å². The molecule has 148 valence electrons. The summed E-state index contributed by atoms with van der Waals surface area (Å²) in [6.45, 7) is 2.11. The van der Waals surface area contributed by atoms with Crippen LogP contribution in [0.4, 0.5) is 10.5 Å². The smallest absolute Gasteiger partial charge is 0.319 e. The first kappa shape index (κ1) is 20.7. The first-order valence-electron chi connectivity index (χ1n) is 8.62. The third kappa shape index (κ3) is 6.27. The lowest BCUT2D eigenvalue weighted by atomic mass is 10.2. The standard InChI is InChI=1S/C19H22N4O5/c1-12-5-6-13(23-19(27)22-8-3-4-17(24)25)10-16(12)28-14-7-9-21-15(11-14)18(26)20-2/h5-7,9-11H,3-4,8H2,1-2H3,(H,20,26)(H,24,25)(H2,22,23,27). The number of nitrogens with one attached hydrogen (secondary N) is 3. The van der Waals surface area contributed by atoms with E-state index < -0.39 is 12.0 Å². The minimum absolute atomic E-state index is 0.00717. The summed E-state index contributed by atoms with van der Waals surface area (Å²) in [4.78, 5) is 38.0. The summed E-state index contributed by atoms with van der Waals surface area (Å²) < 4.78 is 5.83. The van der Waals surface area contributed by atoms with Crippen molar-refractivity contribution in [2.24, 2.45) is 0 Å². The van der Waals surface area contributed by atoms with Crippen LogP contribution in [0.15, 0.2) is 36.5 Å². The number of aliphatic carboxylic acids is 1. The number of carboxylic acid groups (broad SMARTS) is 1. The molecule has 1 aromatic heterocycles. The van der Waals surface area contributed by atoms with Crippen LogP contribution in [0.3, 0.4) is 0 Å². The van der Waals surface area contributed by atoms with Gasteiger partial charge in [0.25, 0.3) is 5.91 Å². The van der Waals surface area contributed by atoms with Crippen molar-refractivity contribution < 1.29 is 24.2 Å². The van der Waals surface area contributed by atoms with E-state index in [1.54, 1.807) is 24.3 Å². The Morgan fingerprint density at radius 2 is 1.96 bits per heavy atom. The Kier molecular flexibility index (Phi) is 7.32. The molecule has 0 spiro atoms. The number of amides is 3. The number of rotatable bonds is 8. The molecular weight excluding hydrogens is 364 g/mol. The molecule has 0 radical (unpaired) electrons. The molecule has 9 nitrogen and oxygen atoms in total. The summed E-state index contributed by atoms with van der Waals surface area (Å²) in [5, 5.41) is 16.3. The third-order valence-electron chi connectivity index (χ3n) is 3.72. The van der Waals surface area contributed by atoms with Gasteiger partial charge in [-0.05, 0) is 31.0 Å². The van der Waals surface area contributed by atoms with Crippen LogP contribution in [0.25, 0.3) is 0 Å². The highest BCUT2D eigenvalue weighted by Crippen LogP contribution is 2.28. The van der Waals surface area contributed by atoms with Crippen LogP contribution in [0, 0.1) is 6.92 Å². The topological polar surface area (TPSA) is 130 Å². The minimum Gasteiger partial charge on any atom is -0.481 e. The summed E-state index contributed by atoms with van der Waals surface area (Å²) in [5.41, 5.74) is 1.58. The molecular formula is C19H22N4O5. The highest BCUT2D eigenvalue weighted by atomic mass is 16.5. The van der Waals surface area contributed by atoms with Crippen molar-refractivity contribution in [1.29, 1.82) is 0 Å². The number of pyridine rings is 1. The van der Waals surface area contributed by atoms with E-state index >= 15 is 0 Å². The van der Waals surface area contributed by atoms with Crippen LogP contribution in [-0.4, -0.2) is 41.6 Å². The number of aryl methyl sites for hydroxylation is 1. The summed E-state index contributed by atoms with van der Waals surface area (Å²) in [6, 6.07) is 7.88. The van der Waals surface area contributed by atoms with Crippen molar-refractivity contribution in [2.45, 2.75) is 19.8 Å². The number of hydrogen-bond donors (Lipinski definition) is 4. The fourth-order valence-corrected chi connectivity index (χ4v) is 2.26. The average Bonchev–Trinajstić information content (AvgIpc) is 2.67. The molecule has 1 heterocycles. The molecule has 0 atom stereocenters. The molecule has 28 heavy (non-hydrogen) atoms. The van der Waals surface area contributed by atoms with Crippen LogP contribution in [-0.2, 0) is 4.79 Å². The van der Waals surface area contributed by atoms with Gasteiger partial charge in [-0.15, -0.1) is 0 Å². The molecule has 1 aromatic carbocycles. The Balaban J connectivity index is 2.02. The van der Waals surface area contributed by atoms with Crippen molar-refractivity contribution in [3.63, 3.8) is 0 Å². The van der Waals surface area contributed by atoms with Gasteiger partial charge in [0.05, 0.1) is 0 Å². The maximum atomic E-state index is 11.9. The average molecular weight is 386 g/mol. The Labute approximate surface area is 162 Å². The molecule has 0 unspecified atom stereocenters. The molecule has 0 aliphatic rings. The quantitative estimate of drug-likeness (QED) is 0.516. The molecule has 9 heteroatoms. The van der Waals surface area contributed by atoms with Crippen molar-refractivity contribution in [2.75, 3.05) is 18.9 Å². The molecule has 0 fully saturated rings. The second kappa shape index (κ2) is 9.91. The van der Waals surface area contributed by atoms with Crippen LogP contribution >= 0.6 is 0 Å². The van der Waals surface area contributed by atoms with E-state index in [4.69, 9.17) is 9.84 Å². The maximum absolute atomic E-state index is 11.9. The molecule has 2 rings (SSSR count). The number of hydrogen-bond acceptors (Lipinski definition) is 5. The SMILES string of the molecule is CNC(=O)c1cc(Oc2cc(NC(=O)NCCCC(=O)O)ccc2C)ccn1. The Bertz CT molecular complexity index is 869. The number of ether oxygens (including phenoxy) is 1. The monoisotopic (exact) mass is 386 g/mol. The third-order valence-corrected chi connectivity index (χ3v) is 3.72. The van der Waals surface area contributed by atoms with E-state index in [-0.39, 0.29) is 24.6 Å². The summed E-state index contributed by atoms with van der Waals surface area (Å²) in [5.74, 6) is -0.278. The van der Waals surface area contributed by atoms with E-state index in [9.17, 15) is 14.4 Å². The van der Waals surface area contributed by atoms with Gasteiger partial charge in [0.2, 0.25) is 0 Å². The van der Waals surface area contributed by atoms with E-state index in [1.807, 2.05) is 6.92 Å². The molecule has 4 N–H and O–H groups in total. The highest BCUT2D eigenvalue weighted by molar-refractivity contribution is 5.92. The molecule has 3 amide bonds. The lowest BCUT2D eigenvalue weighted by molar-refractivity contribution is -0.137. The predicted molar refractivity (Wildman–Crippen MR) is 103 cm³/mol. The van der Waals surface area contributed by atoms with E-state index in [0.29, 0.717) is 23.6 Å². The van der Waals surface area contributed by atoms with Crippen molar-refractivity contribution >= 4 is 23.6 Å². The van der Waals surface area contributed by atoms with Crippen LogP contribution in [0.5, 0.6) is 11.5 Å². The zero-order valence-electron chi connectivity index (χ0n) is 15.6. The summed E-state index contributed by atoms with van der Waals surface area (Å²) in [6.07, 6.45) is 1.81. The Morgan fingerprint density at radius 3 is 2.68 bits per heavy atom. The van der Waals surface area contributed by atoms with Gasteiger partial charge in [-0.25, -0.2) is 4.79 Å². The molecule has 0 aliphatic carbocycles. The first-order valence-corrected chi connectivity index (χ1v) is 8.62. The predicted octanol–water partition coefficient (Wildman–Crippen LogP) is 2.53. The van der Waals surface area contributed by atoms with Crippen LogP contribution in [0.2, 0.25) is 0 Å². The van der Waals surface area contributed by atoms with Crippen LogP contribution in [0.1, 0.15) is 28.9 Å². The molecule has 0 bridgehead atoms. The first-order chi connectivity index (χ1) is 13.4. The second-order valence-electron chi connectivity index (χ2n) is 5.92. The fourth-order valence-electron chi connectivity index (χ4n) is 2.26. The van der Waals surface area contributed by atoms with Gasteiger partial charge in [0, 0.05) is 44.0 Å². The maximum Gasteiger partial charge on any atom is 0.319 e. The fraction of sp³-hybridized carbons (Fsp3) is 0.263. The number of carbonyl (C=O) groups is 3. The van der Waals surface area contributed by atoms with Crippen molar-refractivity contribution in [3.05, 3.63) is 47.8 Å². The van der Waals surface area contributed by atoms with Gasteiger partial charge < -0.3 is 25.8 Å². The lowest BCUT2D eigenvalue weighted by Gasteiger charge is -2.12. The van der Waals surface area contributed by atoms with Gasteiger partial charge in [0.1, 0.15) is 17.2 Å². The van der Waals surface area contributed by atoms with Gasteiger partial charge >= 0.3 is 12.0 Å². The number of carbonyl (C=O) groups excluding carboxylic acids is 2. The summed E-state index contributed by atoms with van der Waals surface area (Å²) >= 11 is 0. The van der Waals surface area contributed by atoms with E-state index in [2.05, 4.69) is 20.9 Å². The minimum atomic E-state index is -0.904. The summed E-state index contributed by atoms with van der Waals surface area (Å²) in [7, 11) is 1.52. The van der Waals surface area contributed by atoms with Gasteiger partial charge in [-0.3, -0.25) is 14.6 Å². The number of benzene rings is 1. The second-order valence-corrected chi connectivity index (χ2v) is 5.92. The number of carboxylic acids is 1. The largest absolute Gasteiger partial charge is 0.481 e. The van der Waals surface area contributed by atoms with Crippen molar-refractivity contribution in [1.82, 2.24) is 15.6 Å². The normalized spacial score (nSPS) is 10.1. The number of nitrogens with zero attached hydrogens (tertiary/aromatic N) is 1. The Hall–Kier alpha value is -3.62. The van der Waals surface area contributed by atoms with Crippen LogP contribution < -0.4 is 20.7 Å². The molecule has 0 saturated carbocycles. The molecule has 2 aromatic rings. The van der Waals surface area contributed by atoms with Gasteiger partial charge in [-0.2, -0.15) is 0 Å². The number of anilines is 1. The van der Waals surface area contributed by atoms with Crippen molar-refractivity contribution in [3.8, 4) is 11.5 Å². The zero-order valence-corrected chi connectivity index (χ0v) is 15.6. The highest BCUT2D eigenvalue weighted by Gasteiger charge is 2.09. The van der Waals surface area contributed by atoms with E-state index in [1.165, 1.54) is 19.3 Å². The molecule has 0 saturated heterocycles.